The number of ketones is 1. The summed E-state index contributed by atoms with van der Waals surface area (Å²) in [6.45, 7) is 24.4. The van der Waals surface area contributed by atoms with Gasteiger partial charge in [-0.1, -0.05) is 125 Å². The van der Waals surface area contributed by atoms with Crippen LogP contribution in [0.5, 0.6) is 5.75 Å². The topological polar surface area (TPSA) is 108 Å². The van der Waals surface area contributed by atoms with Crippen molar-refractivity contribution in [2.45, 2.75) is 112 Å². The monoisotopic (exact) mass is 1060 g/mol. The molecule has 3 N–H and O–H groups in total. The third-order valence-electron chi connectivity index (χ3n) is 15.1. The number of nitrogens with zero attached hydrogens (tertiary/aromatic N) is 6. The van der Waals surface area contributed by atoms with Crippen molar-refractivity contribution >= 4 is 28.5 Å². The Bertz CT molecular complexity index is 3160. The zero-order valence-corrected chi connectivity index (χ0v) is 50.9. The van der Waals surface area contributed by atoms with Gasteiger partial charge >= 0.3 is 0 Å². The van der Waals surface area contributed by atoms with E-state index in [0.717, 1.165) is 86.2 Å². The third-order valence-corrected chi connectivity index (χ3v) is 15.1. The molecule has 10 heteroatoms. The number of benzene rings is 6. The van der Waals surface area contributed by atoms with Gasteiger partial charge in [-0.05, 0) is 125 Å². The van der Waals surface area contributed by atoms with E-state index in [1.807, 2.05) is 61.1 Å². The summed E-state index contributed by atoms with van der Waals surface area (Å²) in [4.78, 5) is 38.7. The molecule has 0 atom stereocenters. The van der Waals surface area contributed by atoms with Crippen molar-refractivity contribution in [3.63, 3.8) is 0 Å². The number of aromatic nitrogens is 4. The molecule has 2 heterocycles. The first kappa shape index (κ1) is 59.1. The van der Waals surface area contributed by atoms with Gasteiger partial charge in [0.2, 0.25) is 0 Å². The highest BCUT2D eigenvalue weighted by atomic mass is 16.3. The summed E-state index contributed by atoms with van der Waals surface area (Å²) in [5.74, 6) is 2.33. The molecule has 2 aromatic heterocycles. The van der Waals surface area contributed by atoms with E-state index in [-0.39, 0.29) is 28.8 Å². The Balaban J connectivity index is 0.000000230. The zero-order chi connectivity index (χ0) is 57.9. The van der Waals surface area contributed by atoms with Crippen LogP contribution in [0, 0.1) is 5.41 Å². The number of aromatic hydroxyl groups is 1. The Kier molecular flexibility index (Phi) is 17.8. The molecule has 79 heavy (non-hydrogen) atoms. The Hall–Kier alpha value is -7.59. The maximum Gasteiger partial charge on any atom is 0.142 e. The van der Waals surface area contributed by atoms with E-state index < -0.39 is 5.41 Å². The lowest BCUT2D eigenvalue weighted by atomic mass is 9.71. The Morgan fingerprint density at radius 3 is 1.11 bits per heavy atom. The predicted molar refractivity (Wildman–Crippen MR) is 338 cm³/mol. The fourth-order valence-electron chi connectivity index (χ4n) is 10.0. The molecule has 0 unspecified atom stereocenters. The lowest BCUT2D eigenvalue weighted by Gasteiger charge is -2.34. The Morgan fingerprint density at radius 2 is 0.797 bits per heavy atom. The minimum atomic E-state index is -0.481. The number of nitrogens with one attached hydrogen (secondary N) is 2. The van der Waals surface area contributed by atoms with Crippen LogP contribution < -0.4 is 19.6 Å². The second-order valence-electron chi connectivity index (χ2n) is 25.1. The summed E-state index contributed by atoms with van der Waals surface area (Å²) in [5, 5.41) is 10.5. The maximum atomic E-state index is 12.7. The van der Waals surface area contributed by atoms with E-state index >= 15 is 0 Å². The molecule has 8 aromatic rings. The number of Topliss-reactive ketones (excluding diaryl/α,β-unsaturated/α-hetero) is 1. The lowest BCUT2D eigenvalue weighted by Crippen LogP contribution is -2.23. The van der Waals surface area contributed by atoms with Gasteiger partial charge in [-0.15, -0.1) is 0 Å². The summed E-state index contributed by atoms with van der Waals surface area (Å²) in [7, 11) is 16.4. The summed E-state index contributed by atoms with van der Waals surface area (Å²) in [5.41, 5.74) is 19.2. The number of rotatable bonds is 15. The van der Waals surface area contributed by atoms with Gasteiger partial charge in [-0.25, -0.2) is 9.97 Å². The minimum absolute atomic E-state index is 0.0101. The van der Waals surface area contributed by atoms with Gasteiger partial charge in [0.05, 0.1) is 22.8 Å². The molecule has 8 rings (SSSR count). The van der Waals surface area contributed by atoms with E-state index in [2.05, 4.69) is 222 Å². The summed E-state index contributed by atoms with van der Waals surface area (Å²) >= 11 is 0. The summed E-state index contributed by atoms with van der Waals surface area (Å²) in [6, 6.07) is 44.3. The van der Waals surface area contributed by atoms with Gasteiger partial charge in [-0.2, -0.15) is 0 Å². The average Bonchev–Trinajstić information content (AvgIpc) is 4.30. The van der Waals surface area contributed by atoms with Crippen LogP contribution in [0.2, 0.25) is 0 Å². The van der Waals surface area contributed by atoms with E-state index in [4.69, 9.17) is 9.97 Å². The van der Waals surface area contributed by atoms with E-state index in [1.165, 1.54) is 28.1 Å². The van der Waals surface area contributed by atoms with Crippen LogP contribution in [0.1, 0.15) is 117 Å². The van der Waals surface area contributed by atoms with Crippen LogP contribution in [0.15, 0.2) is 127 Å². The molecule has 0 radical (unpaired) electrons. The molecule has 0 fully saturated rings. The average molecular weight is 1060 g/mol. The highest BCUT2D eigenvalue weighted by molar-refractivity contribution is 5.87. The van der Waals surface area contributed by atoms with Crippen LogP contribution >= 0.6 is 0 Å². The number of phenolic OH excluding ortho intramolecular Hbond substituents is 1. The number of aromatic amines is 2. The predicted octanol–water partition coefficient (Wildman–Crippen LogP) is 16.4. The zero-order valence-electron chi connectivity index (χ0n) is 50.9. The number of imidazole rings is 2. The van der Waals surface area contributed by atoms with E-state index in [1.54, 1.807) is 6.07 Å². The number of carbonyl (C=O) groups excluding carboxylic acids is 1. The first-order valence-electron chi connectivity index (χ1n) is 27.9. The quantitative estimate of drug-likeness (QED) is 0.0932. The fraction of sp³-hybridized carbons (Fsp3) is 0.377. The largest absolute Gasteiger partial charge is 0.508 e. The van der Waals surface area contributed by atoms with Crippen molar-refractivity contribution in [3.05, 3.63) is 150 Å². The molecule has 10 nitrogen and oxygen atoms in total. The molecule has 416 valence electrons. The van der Waals surface area contributed by atoms with Gasteiger partial charge in [-0.3, -0.25) is 4.79 Å². The first-order chi connectivity index (χ1) is 37.1. The molecule has 0 aliphatic carbocycles. The number of carbonyl (C=O) groups is 1. The standard InChI is InChI=1S/C38H52N4.C31H36N4O2/c1-13-25(14-2)33-31(37(3,4)5)23-28(24-32(33)38(6,7)8)36-39-34(26-15-19-29(20-16-26)41(9)10)35(40-36)27-17-21-30(22-18-27)42(11)12;1-31(2,3)27(37)19-23-18-22(12-17-26(23)36)30-32-28(20-8-13-24(14-9-20)34(4)5)29(33-30)21-10-15-25(16-11-21)35(6)7/h15-25H,13-14H2,1-12H3,(H,39,40);8-18,36H,19H2,1-7H3,(H,32,33). The summed E-state index contributed by atoms with van der Waals surface area (Å²) in [6.07, 6.45) is 2.45. The Morgan fingerprint density at radius 1 is 0.468 bits per heavy atom. The molecule has 0 saturated heterocycles. The molecule has 0 amide bonds. The first-order valence-corrected chi connectivity index (χ1v) is 27.9. The lowest BCUT2D eigenvalue weighted by molar-refractivity contribution is -0.125. The van der Waals surface area contributed by atoms with Crippen LogP contribution in [0.4, 0.5) is 22.7 Å². The molecular formula is C69H88N8O2. The molecule has 0 saturated carbocycles. The van der Waals surface area contributed by atoms with Crippen molar-refractivity contribution in [3.8, 4) is 73.6 Å². The molecule has 0 spiro atoms. The van der Waals surface area contributed by atoms with Crippen molar-refractivity contribution in [1.82, 2.24) is 19.9 Å². The molecule has 0 bridgehead atoms. The van der Waals surface area contributed by atoms with Gasteiger partial charge in [0.25, 0.3) is 0 Å². The number of hydrogen-bond acceptors (Lipinski definition) is 8. The molecule has 6 aromatic carbocycles. The maximum absolute atomic E-state index is 12.7. The van der Waals surface area contributed by atoms with Crippen molar-refractivity contribution in [2.24, 2.45) is 5.41 Å². The third kappa shape index (κ3) is 13.6. The number of anilines is 4. The highest BCUT2D eigenvalue weighted by Crippen LogP contribution is 2.44. The van der Waals surface area contributed by atoms with E-state index in [9.17, 15) is 9.90 Å². The highest BCUT2D eigenvalue weighted by Gasteiger charge is 2.31. The van der Waals surface area contributed by atoms with Crippen LogP contribution in [0.3, 0.4) is 0 Å². The van der Waals surface area contributed by atoms with Crippen molar-refractivity contribution in [2.75, 3.05) is 76.0 Å². The second-order valence-corrected chi connectivity index (χ2v) is 25.1. The Labute approximate surface area is 473 Å². The van der Waals surface area contributed by atoms with Gasteiger partial charge in [0.1, 0.15) is 23.2 Å². The van der Waals surface area contributed by atoms with Crippen LogP contribution in [0.25, 0.3) is 67.8 Å². The number of hydrogen-bond donors (Lipinski definition) is 3. The SMILES string of the molecule is CCC(CC)c1c(C(C)(C)C)cc(-c2nc(-c3ccc(N(C)C)cc3)c(-c3ccc(N(C)C)cc3)[nH]2)cc1C(C)(C)C.CN(C)c1ccc(-c2nc(-c3ccc(O)c(CC(=O)C(C)(C)C)c3)[nH]c2-c2ccc(N(C)C)cc2)cc1. The van der Waals surface area contributed by atoms with Crippen molar-refractivity contribution < 1.29 is 9.90 Å². The van der Waals surface area contributed by atoms with Gasteiger partial charge in [0.15, 0.2) is 0 Å². The molecule has 0 aliphatic rings. The van der Waals surface area contributed by atoms with Crippen molar-refractivity contribution in [1.29, 1.82) is 0 Å². The van der Waals surface area contributed by atoms with Gasteiger partial charge in [0, 0.05) is 130 Å². The van der Waals surface area contributed by atoms with Gasteiger partial charge < -0.3 is 34.7 Å². The smallest absolute Gasteiger partial charge is 0.142 e. The van der Waals surface area contributed by atoms with Crippen LogP contribution in [-0.2, 0) is 22.0 Å². The minimum Gasteiger partial charge on any atom is -0.508 e. The number of H-pyrrole nitrogens is 2. The fourth-order valence-corrected chi connectivity index (χ4v) is 10.0. The van der Waals surface area contributed by atoms with E-state index in [0.29, 0.717) is 17.3 Å². The summed E-state index contributed by atoms with van der Waals surface area (Å²) < 4.78 is 0. The second kappa shape index (κ2) is 23.8. The number of phenols is 1. The molecule has 0 aliphatic heterocycles. The van der Waals surface area contributed by atoms with Crippen LogP contribution in [-0.4, -0.2) is 87.2 Å². The molecular weight excluding hydrogens is 973 g/mol. The normalized spacial score (nSPS) is 11.8.